The zero-order valence-corrected chi connectivity index (χ0v) is 20.2. The van der Waals surface area contributed by atoms with E-state index in [1.165, 1.54) is 12.1 Å². The molecule has 1 amide bonds. The van der Waals surface area contributed by atoms with Gasteiger partial charge in [0.2, 0.25) is 0 Å². The summed E-state index contributed by atoms with van der Waals surface area (Å²) in [5.41, 5.74) is -0.134. The van der Waals surface area contributed by atoms with Crippen molar-refractivity contribution in [1.82, 2.24) is 10.2 Å². The molecule has 1 aromatic rings. The van der Waals surface area contributed by atoms with Crippen LogP contribution < -0.4 is 5.32 Å². The monoisotopic (exact) mass is 454 g/mol. The number of piperidine rings is 1. The fourth-order valence-corrected chi connectivity index (χ4v) is 3.72. The zero-order valence-electron chi connectivity index (χ0n) is 20.2. The summed E-state index contributed by atoms with van der Waals surface area (Å²) in [6, 6.07) is 6.06. The van der Waals surface area contributed by atoms with Crippen LogP contribution in [0.3, 0.4) is 0 Å². The number of carboxylic acid groups (broad SMARTS) is 1. The second-order valence-electron chi connectivity index (χ2n) is 9.99. The number of carbonyl (C=O) groups excluding carboxylic acids is 1. The Morgan fingerprint density at radius 3 is 2.47 bits per heavy atom. The van der Waals surface area contributed by atoms with Crippen LogP contribution in [0.1, 0.15) is 72.5 Å². The number of nitrogens with zero attached hydrogens (tertiary/aromatic N) is 1. The number of carbonyl (C=O) groups is 2. The number of amides is 1. The molecule has 1 fully saturated rings. The average molecular weight is 455 g/mol. The van der Waals surface area contributed by atoms with Gasteiger partial charge in [0.15, 0.2) is 0 Å². The highest BCUT2D eigenvalue weighted by Gasteiger charge is 2.31. The van der Waals surface area contributed by atoms with Crippen molar-refractivity contribution in [2.24, 2.45) is 5.92 Å². The molecule has 1 aliphatic rings. The van der Waals surface area contributed by atoms with Crippen molar-refractivity contribution in [2.45, 2.75) is 78.0 Å². The number of hydrogen-bond acceptors (Lipinski definition) is 5. The lowest BCUT2D eigenvalue weighted by Gasteiger charge is -2.38. The number of nitrogens with one attached hydrogen (secondary N) is 1. The Kier molecular flexibility index (Phi) is 10.6. The number of carboxylic acids is 1. The summed E-state index contributed by atoms with van der Waals surface area (Å²) in [5, 5.41) is 21.2. The predicted molar refractivity (Wildman–Crippen MR) is 122 cm³/mol. The minimum atomic E-state index is -0.833. The summed E-state index contributed by atoms with van der Waals surface area (Å²) < 4.78 is 18.8. The van der Waals surface area contributed by atoms with Gasteiger partial charge in [0, 0.05) is 32.1 Å². The van der Waals surface area contributed by atoms with Gasteiger partial charge in [-0.05, 0) is 77.5 Å². The summed E-state index contributed by atoms with van der Waals surface area (Å²) in [4.78, 5) is 23.2. The third-order valence-electron chi connectivity index (χ3n) is 4.98. The first-order chi connectivity index (χ1) is 14.7. The smallest absolute Gasteiger partial charge is 0.410 e. The van der Waals surface area contributed by atoms with Crippen molar-refractivity contribution >= 4 is 12.1 Å². The van der Waals surface area contributed by atoms with Crippen LogP contribution in [0.15, 0.2) is 24.3 Å². The van der Waals surface area contributed by atoms with Crippen LogP contribution in [-0.2, 0) is 9.53 Å². The molecule has 0 radical (unpaired) electrons. The molecule has 1 saturated heterocycles. The van der Waals surface area contributed by atoms with Crippen molar-refractivity contribution in [3.05, 3.63) is 35.6 Å². The van der Waals surface area contributed by atoms with Gasteiger partial charge < -0.3 is 25.2 Å². The van der Waals surface area contributed by atoms with E-state index >= 15 is 0 Å². The van der Waals surface area contributed by atoms with E-state index in [-0.39, 0.29) is 17.4 Å². The third kappa shape index (κ3) is 11.4. The van der Waals surface area contributed by atoms with Crippen LogP contribution in [0.5, 0.6) is 0 Å². The normalized spacial score (nSPS) is 17.8. The lowest BCUT2D eigenvalue weighted by atomic mass is 9.85. The van der Waals surface area contributed by atoms with Gasteiger partial charge in [-0.25, -0.2) is 9.18 Å². The number of benzene rings is 1. The largest absolute Gasteiger partial charge is 0.481 e. The summed E-state index contributed by atoms with van der Waals surface area (Å²) >= 11 is 0. The van der Waals surface area contributed by atoms with Gasteiger partial charge in [0.1, 0.15) is 11.4 Å². The second kappa shape index (κ2) is 12.2. The van der Waals surface area contributed by atoms with Crippen molar-refractivity contribution in [3.63, 3.8) is 0 Å². The molecule has 3 N–H and O–H groups in total. The summed E-state index contributed by atoms with van der Waals surface area (Å²) in [5.74, 6) is -0.810. The van der Waals surface area contributed by atoms with Gasteiger partial charge in [0.25, 0.3) is 5.97 Å². The standard InChI is InChI=1S/C22H35FN2O3.C2H4O2/c1-21(2,3)28-20(27)25-11-7-8-16(15-25)13-22(4,5)24-14-19(26)17-9-6-10-18(23)12-17;1-2(3)4/h6,9-10,12,16,19,24,26H,7-8,11,13-15H2,1-5H3;1H3,(H,3,4)/t16-,19-;/m0./s1. The van der Waals surface area contributed by atoms with Crippen molar-refractivity contribution in [3.8, 4) is 0 Å². The summed E-state index contributed by atoms with van der Waals surface area (Å²) in [7, 11) is 0. The van der Waals surface area contributed by atoms with Gasteiger partial charge in [-0.1, -0.05) is 12.1 Å². The molecule has 8 heteroatoms. The molecule has 0 saturated carbocycles. The first kappa shape index (κ1) is 27.8. The predicted octanol–water partition coefficient (Wildman–Crippen LogP) is 4.36. The fourth-order valence-electron chi connectivity index (χ4n) is 3.72. The lowest BCUT2D eigenvalue weighted by molar-refractivity contribution is -0.134. The molecule has 7 nitrogen and oxygen atoms in total. The Bertz CT molecular complexity index is 744. The quantitative estimate of drug-likeness (QED) is 0.591. The molecule has 2 rings (SSSR count). The van der Waals surface area contributed by atoms with Crippen molar-refractivity contribution in [2.75, 3.05) is 19.6 Å². The average Bonchev–Trinajstić information content (AvgIpc) is 2.64. The topological polar surface area (TPSA) is 99.1 Å². The Labute approximate surface area is 191 Å². The number of halogens is 1. The van der Waals surface area contributed by atoms with Gasteiger partial charge in [0.05, 0.1) is 6.10 Å². The van der Waals surface area contributed by atoms with Crippen LogP contribution in [-0.4, -0.2) is 57.9 Å². The second-order valence-corrected chi connectivity index (χ2v) is 9.99. The Morgan fingerprint density at radius 1 is 1.28 bits per heavy atom. The highest BCUT2D eigenvalue weighted by Crippen LogP contribution is 2.27. The molecule has 1 aromatic carbocycles. The van der Waals surface area contributed by atoms with E-state index in [0.717, 1.165) is 32.7 Å². The van der Waals surface area contributed by atoms with Gasteiger partial charge >= 0.3 is 6.09 Å². The number of hydrogen-bond donors (Lipinski definition) is 3. The van der Waals surface area contributed by atoms with E-state index in [0.29, 0.717) is 24.6 Å². The van der Waals surface area contributed by atoms with Crippen LogP contribution in [0, 0.1) is 11.7 Å². The number of aliphatic hydroxyl groups is 1. The molecular formula is C24H39FN2O5. The SMILES string of the molecule is CC(=O)O.CC(C)(C[C@@H]1CCCN(C(=O)OC(C)(C)C)C1)NC[C@H](O)c1cccc(F)c1. The van der Waals surface area contributed by atoms with Crippen LogP contribution in [0.25, 0.3) is 0 Å². The minimum absolute atomic E-state index is 0.212. The van der Waals surface area contributed by atoms with Crippen LogP contribution >= 0.6 is 0 Å². The van der Waals surface area contributed by atoms with E-state index in [4.69, 9.17) is 14.6 Å². The highest BCUT2D eigenvalue weighted by molar-refractivity contribution is 5.68. The molecule has 0 aliphatic carbocycles. The molecule has 182 valence electrons. The number of ether oxygens (including phenoxy) is 1. The number of aliphatic carboxylic acids is 1. The van der Waals surface area contributed by atoms with Gasteiger partial charge in [-0.15, -0.1) is 0 Å². The number of rotatable bonds is 6. The Hall–Kier alpha value is -2.19. The van der Waals surface area contributed by atoms with Gasteiger partial charge in [-0.3, -0.25) is 4.79 Å². The zero-order chi connectivity index (χ0) is 24.5. The Morgan fingerprint density at radius 2 is 1.91 bits per heavy atom. The molecule has 0 bridgehead atoms. The van der Waals surface area contributed by atoms with Crippen molar-refractivity contribution < 1.29 is 28.9 Å². The van der Waals surface area contributed by atoms with E-state index in [9.17, 15) is 14.3 Å². The van der Waals surface area contributed by atoms with E-state index in [2.05, 4.69) is 19.2 Å². The molecule has 0 unspecified atom stereocenters. The Balaban J connectivity index is 0.00000118. The molecule has 32 heavy (non-hydrogen) atoms. The maximum Gasteiger partial charge on any atom is 0.410 e. The number of likely N-dealkylation sites (tertiary alicyclic amines) is 1. The molecule has 0 spiro atoms. The van der Waals surface area contributed by atoms with Gasteiger partial charge in [-0.2, -0.15) is 0 Å². The fraction of sp³-hybridized carbons (Fsp3) is 0.667. The van der Waals surface area contributed by atoms with Crippen LogP contribution in [0.4, 0.5) is 9.18 Å². The lowest BCUT2D eigenvalue weighted by Crippen LogP contribution is -2.47. The number of β-amino-alcohol motifs (C(OH)–C–C–N with tert-alkyl or cyclic N) is 1. The third-order valence-corrected chi connectivity index (χ3v) is 4.98. The van der Waals surface area contributed by atoms with Crippen molar-refractivity contribution in [1.29, 1.82) is 0 Å². The van der Waals surface area contributed by atoms with E-state index in [1.807, 2.05) is 20.8 Å². The highest BCUT2D eigenvalue weighted by atomic mass is 19.1. The molecule has 2 atom stereocenters. The van der Waals surface area contributed by atoms with E-state index in [1.54, 1.807) is 17.0 Å². The maximum atomic E-state index is 13.3. The molecule has 0 aromatic heterocycles. The molecular weight excluding hydrogens is 415 g/mol. The molecule has 1 heterocycles. The minimum Gasteiger partial charge on any atom is -0.481 e. The molecule has 1 aliphatic heterocycles. The first-order valence-corrected chi connectivity index (χ1v) is 11.0. The number of aliphatic hydroxyl groups excluding tert-OH is 1. The maximum absolute atomic E-state index is 13.3. The summed E-state index contributed by atoms with van der Waals surface area (Å²) in [6.07, 6.45) is 1.90. The first-order valence-electron chi connectivity index (χ1n) is 11.0. The van der Waals surface area contributed by atoms with E-state index < -0.39 is 17.7 Å². The summed E-state index contributed by atoms with van der Waals surface area (Å²) in [6.45, 7) is 12.7. The van der Waals surface area contributed by atoms with Crippen LogP contribution in [0.2, 0.25) is 0 Å².